The molecule has 0 aliphatic heterocycles. The van der Waals surface area contributed by atoms with E-state index in [2.05, 4.69) is 15.1 Å². The highest BCUT2D eigenvalue weighted by atomic mass is 19.4. The van der Waals surface area contributed by atoms with E-state index < -0.39 is 6.36 Å². The molecule has 1 aromatic carbocycles. The largest absolute Gasteiger partial charge is 0.573 e. The third-order valence-corrected chi connectivity index (χ3v) is 2.84. The second-order valence-electron chi connectivity index (χ2n) is 4.51. The molecule has 1 aromatic heterocycles. The number of alkyl halides is 3. The number of hydrogen-bond donors (Lipinski definition) is 2. The SMILES string of the molecule is Cc1cncc(C(NN)c2ccc(OC(F)(F)F)cc2)c1. The summed E-state index contributed by atoms with van der Waals surface area (Å²) in [6.07, 6.45) is -1.34. The van der Waals surface area contributed by atoms with Crippen LogP contribution in [0.4, 0.5) is 13.2 Å². The average molecular weight is 297 g/mol. The fourth-order valence-corrected chi connectivity index (χ4v) is 1.98. The van der Waals surface area contributed by atoms with Crippen molar-refractivity contribution in [1.29, 1.82) is 0 Å². The molecule has 1 atom stereocenters. The number of benzene rings is 1. The van der Waals surface area contributed by atoms with Crippen molar-refractivity contribution in [2.75, 3.05) is 0 Å². The van der Waals surface area contributed by atoms with Crippen molar-refractivity contribution < 1.29 is 17.9 Å². The molecular weight excluding hydrogens is 283 g/mol. The number of halogens is 3. The minimum absolute atomic E-state index is 0.274. The number of ether oxygens (including phenoxy) is 1. The summed E-state index contributed by atoms with van der Waals surface area (Å²) in [7, 11) is 0. The first-order valence-electron chi connectivity index (χ1n) is 6.12. The van der Waals surface area contributed by atoms with E-state index in [1.54, 1.807) is 12.4 Å². The molecule has 0 radical (unpaired) electrons. The number of pyridine rings is 1. The normalized spacial score (nSPS) is 13.0. The minimum atomic E-state index is -4.70. The molecule has 0 aliphatic carbocycles. The van der Waals surface area contributed by atoms with Crippen LogP contribution < -0.4 is 16.0 Å². The minimum Gasteiger partial charge on any atom is -0.406 e. The van der Waals surface area contributed by atoms with Crippen LogP contribution in [-0.4, -0.2) is 11.3 Å². The molecule has 0 saturated heterocycles. The Bertz CT molecular complexity index is 599. The summed E-state index contributed by atoms with van der Waals surface area (Å²) < 4.78 is 40.2. The van der Waals surface area contributed by atoms with Crippen molar-refractivity contribution in [3.05, 3.63) is 59.4 Å². The highest BCUT2D eigenvalue weighted by Gasteiger charge is 2.31. The van der Waals surface area contributed by atoms with E-state index in [4.69, 9.17) is 5.84 Å². The van der Waals surface area contributed by atoms with Gasteiger partial charge in [0.25, 0.3) is 0 Å². The van der Waals surface area contributed by atoms with Crippen molar-refractivity contribution >= 4 is 0 Å². The van der Waals surface area contributed by atoms with Crippen LogP contribution in [0.2, 0.25) is 0 Å². The quantitative estimate of drug-likeness (QED) is 0.673. The van der Waals surface area contributed by atoms with Crippen molar-refractivity contribution in [3.8, 4) is 5.75 Å². The van der Waals surface area contributed by atoms with E-state index in [0.717, 1.165) is 11.1 Å². The lowest BCUT2D eigenvalue weighted by Gasteiger charge is -2.17. The first-order valence-corrected chi connectivity index (χ1v) is 6.12. The monoisotopic (exact) mass is 297 g/mol. The number of hydrazine groups is 1. The molecule has 7 heteroatoms. The van der Waals surface area contributed by atoms with Gasteiger partial charge >= 0.3 is 6.36 Å². The zero-order valence-electron chi connectivity index (χ0n) is 11.2. The number of hydrogen-bond acceptors (Lipinski definition) is 4. The van der Waals surface area contributed by atoms with Gasteiger partial charge in [-0.1, -0.05) is 18.2 Å². The molecule has 0 fully saturated rings. The van der Waals surface area contributed by atoms with Crippen molar-refractivity contribution in [3.63, 3.8) is 0 Å². The molecular formula is C14H14F3N3O. The van der Waals surface area contributed by atoms with Crippen LogP contribution in [0, 0.1) is 6.92 Å². The zero-order valence-corrected chi connectivity index (χ0v) is 11.2. The van der Waals surface area contributed by atoms with Gasteiger partial charge in [0.15, 0.2) is 0 Å². The maximum atomic E-state index is 12.1. The maximum absolute atomic E-state index is 12.1. The lowest BCUT2D eigenvalue weighted by molar-refractivity contribution is -0.274. The fourth-order valence-electron chi connectivity index (χ4n) is 1.98. The Morgan fingerprint density at radius 2 is 1.81 bits per heavy atom. The Kier molecular flexibility index (Phi) is 4.44. The molecule has 1 heterocycles. The topological polar surface area (TPSA) is 60.2 Å². The lowest BCUT2D eigenvalue weighted by Crippen LogP contribution is -2.29. The van der Waals surface area contributed by atoms with Gasteiger partial charge in [0.1, 0.15) is 5.75 Å². The third-order valence-electron chi connectivity index (χ3n) is 2.84. The molecule has 3 N–H and O–H groups in total. The average Bonchev–Trinajstić information content (AvgIpc) is 2.40. The smallest absolute Gasteiger partial charge is 0.406 e. The van der Waals surface area contributed by atoms with Crippen LogP contribution in [0.5, 0.6) is 5.75 Å². The van der Waals surface area contributed by atoms with Crippen LogP contribution in [0.1, 0.15) is 22.7 Å². The summed E-state index contributed by atoms with van der Waals surface area (Å²) in [6, 6.07) is 7.07. The predicted molar refractivity (Wildman–Crippen MR) is 71.3 cm³/mol. The van der Waals surface area contributed by atoms with E-state index in [1.807, 2.05) is 13.0 Å². The van der Waals surface area contributed by atoms with E-state index in [0.29, 0.717) is 5.56 Å². The van der Waals surface area contributed by atoms with Gasteiger partial charge in [-0.2, -0.15) is 0 Å². The number of nitrogens with zero attached hydrogens (tertiary/aromatic N) is 1. The lowest BCUT2D eigenvalue weighted by atomic mass is 10.00. The van der Waals surface area contributed by atoms with Crippen LogP contribution in [-0.2, 0) is 0 Å². The van der Waals surface area contributed by atoms with Gasteiger partial charge in [-0.25, -0.2) is 5.43 Å². The van der Waals surface area contributed by atoms with E-state index in [-0.39, 0.29) is 11.8 Å². The van der Waals surface area contributed by atoms with E-state index in [1.165, 1.54) is 24.3 Å². The highest BCUT2D eigenvalue weighted by molar-refractivity contribution is 5.35. The molecule has 0 saturated carbocycles. The van der Waals surface area contributed by atoms with Crippen molar-refractivity contribution in [1.82, 2.24) is 10.4 Å². The molecule has 0 amide bonds. The van der Waals surface area contributed by atoms with Crippen LogP contribution in [0.25, 0.3) is 0 Å². The zero-order chi connectivity index (χ0) is 15.5. The third kappa shape index (κ3) is 4.17. The van der Waals surface area contributed by atoms with Gasteiger partial charge in [0, 0.05) is 12.4 Å². The number of nitrogens with two attached hydrogens (primary N) is 1. The van der Waals surface area contributed by atoms with Crippen LogP contribution >= 0.6 is 0 Å². The molecule has 2 rings (SSSR count). The first-order chi connectivity index (χ1) is 9.89. The number of aryl methyl sites for hydroxylation is 1. The van der Waals surface area contributed by atoms with Gasteiger partial charge in [0.2, 0.25) is 0 Å². The van der Waals surface area contributed by atoms with E-state index >= 15 is 0 Å². The second kappa shape index (κ2) is 6.11. The Balaban J connectivity index is 2.23. The highest BCUT2D eigenvalue weighted by Crippen LogP contribution is 2.26. The van der Waals surface area contributed by atoms with Gasteiger partial charge in [-0.05, 0) is 35.7 Å². The maximum Gasteiger partial charge on any atom is 0.573 e. The summed E-state index contributed by atoms with van der Waals surface area (Å²) in [5.41, 5.74) is 5.12. The molecule has 0 spiro atoms. The second-order valence-corrected chi connectivity index (χ2v) is 4.51. The standard InChI is InChI=1S/C14H14F3N3O/c1-9-6-11(8-19-7-9)13(20-18)10-2-4-12(5-3-10)21-14(15,16)17/h2-8,13,20H,18H2,1H3. The molecule has 2 aromatic rings. The fraction of sp³-hybridized carbons (Fsp3) is 0.214. The van der Waals surface area contributed by atoms with Crippen molar-refractivity contribution in [2.45, 2.75) is 19.3 Å². The molecule has 4 nitrogen and oxygen atoms in total. The number of rotatable bonds is 4. The predicted octanol–water partition coefficient (Wildman–Crippen LogP) is 2.84. The summed E-state index contributed by atoms with van der Waals surface area (Å²) in [5, 5.41) is 0. The van der Waals surface area contributed by atoms with Gasteiger partial charge in [-0.15, -0.1) is 13.2 Å². The van der Waals surface area contributed by atoms with E-state index in [9.17, 15) is 13.2 Å². The van der Waals surface area contributed by atoms with Gasteiger partial charge in [-0.3, -0.25) is 10.8 Å². The van der Waals surface area contributed by atoms with Crippen LogP contribution in [0.15, 0.2) is 42.7 Å². The number of nitrogens with one attached hydrogen (secondary N) is 1. The summed E-state index contributed by atoms with van der Waals surface area (Å²) in [5.74, 6) is 5.26. The van der Waals surface area contributed by atoms with Gasteiger partial charge < -0.3 is 4.74 Å². The Morgan fingerprint density at radius 1 is 1.14 bits per heavy atom. The molecule has 0 bridgehead atoms. The first kappa shape index (κ1) is 15.3. The molecule has 1 unspecified atom stereocenters. The Hall–Kier alpha value is -2.12. The summed E-state index contributed by atoms with van der Waals surface area (Å²) in [6.45, 7) is 1.89. The van der Waals surface area contributed by atoms with Crippen molar-refractivity contribution in [2.24, 2.45) is 5.84 Å². The van der Waals surface area contributed by atoms with Crippen LogP contribution in [0.3, 0.4) is 0 Å². The summed E-state index contributed by atoms with van der Waals surface area (Å²) >= 11 is 0. The van der Waals surface area contributed by atoms with Gasteiger partial charge in [0.05, 0.1) is 6.04 Å². The molecule has 0 aliphatic rings. The molecule has 112 valence electrons. The molecule has 21 heavy (non-hydrogen) atoms. The Labute approximate surface area is 119 Å². The Morgan fingerprint density at radius 3 is 2.33 bits per heavy atom. The number of aromatic nitrogens is 1. The summed E-state index contributed by atoms with van der Waals surface area (Å²) in [4.78, 5) is 4.08.